The average molecular weight is 353 g/mol. The van der Waals surface area contributed by atoms with Gasteiger partial charge in [0, 0.05) is 32.1 Å². The molecular weight excluding hydrogens is 325 g/mol. The van der Waals surface area contributed by atoms with Gasteiger partial charge in [0.15, 0.2) is 0 Å². The van der Waals surface area contributed by atoms with Crippen molar-refractivity contribution in [3.63, 3.8) is 0 Å². The molecule has 0 radical (unpaired) electrons. The van der Waals surface area contributed by atoms with Crippen LogP contribution in [0.25, 0.3) is 0 Å². The molecule has 0 aliphatic heterocycles. The second-order valence-corrected chi connectivity index (χ2v) is 7.90. The van der Waals surface area contributed by atoms with Gasteiger partial charge in [0.2, 0.25) is 13.7 Å². The first-order valence-electron chi connectivity index (χ1n) is 7.85. The summed E-state index contributed by atoms with van der Waals surface area (Å²) in [4.78, 5) is 32.4. The second kappa shape index (κ2) is 11.4. The summed E-state index contributed by atoms with van der Waals surface area (Å²) >= 11 is 0. The Kier molecular flexibility index (Phi) is 10.9. The smallest absolute Gasteiger partial charge is 0.412 e. The van der Waals surface area contributed by atoms with Gasteiger partial charge in [-0.25, -0.2) is 4.79 Å². The molecule has 0 heterocycles. The zero-order chi connectivity index (χ0) is 17.9. The van der Waals surface area contributed by atoms with E-state index >= 15 is 0 Å². The van der Waals surface area contributed by atoms with Gasteiger partial charge in [-0.05, 0) is 12.8 Å². The summed E-state index contributed by atoms with van der Waals surface area (Å²) in [6.07, 6.45) is -0.991. The third kappa shape index (κ3) is 12.0. The number of ether oxygens (including phenoxy) is 2. The molecule has 0 aromatic carbocycles. The van der Waals surface area contributed by atoms with Gasteiger partial charge in [0.05, 0.1) is 0 Å². The third-order valence-electron chi connectivity index (χ3n) is 2.92. The first kappa shape index (κ1) is 21.9. The molecule has 136 valence electrons. The molecule has 3 atom stereocenters. The number of unbranched alkanes of at least 4 members (excludes halogenated alkanes) is 1. The lowest BCUT2D eigenvalue weighted by Gasteiger charge is -2.18. The van der Waals surface area contributed by atoms with E-state index in [1.54, 1.807) is 0 Å². The molecule has 3 unspecified atom stereocenters. The number of rotatable bonds is 11. The van der Waals surface area contributed by atoms with Crippen LogP contribution in [0.15, 0.2) is 0 Å². The molecule has 0 saturated carbocycles. The van der Waals surface area contributed by atoms with E-state index in [0.29, 0.717) is 12.8 Å². The van der Waals surface area contributed by atoms with Gasteiger partial charge >= 0.3 is 12.1 Å². The van der Waals surface area contributed by atoms with Gasteiger partial charge in [0.1, 0.15) is 6.23 Å². The number of amides is 1. The van der Waals surface area contributed by atoms with Crippen LogP contribution in [-0.4, -0.2) is 46.9 Å². The highest BCUT2D eigenvalue weighted by molar-refractivity contribution is 7.57. The monoisotopic (exact) mass is 353 g/mol. The number of alkyl carbamates (subject to hydrolysis) is 1. The second-order valence-electron chi connectivity index (χ2n) is 5.31. The maximum absolute atomic E-state index is 11.8. The summed E-state index contributed by atoms with van der Waals surface area (Å²) in [7, 11) is -3.28. The van der Waals surface area contributed by atoms with Crippen LogP contribution in [0.5, 0.6) is 0 Å². The summed E-state index contributed by atoms with van der Waals surface area (Å²) < 4.78 is 21.3. The third-order valence-corrected chi connectivity index (χ3v) is 4.89. The number of carbonyl (C=O) groups is 2. The number of nitrogens with one attached hydrogen (secondary N) is 1. The highest BCUT2D eigenvalue weighted by Crippen LogP contribution is 2.42. The molecule has 0 bridgehead atoms. The predicted octanol–water partition coefficient (Wildman–Crippen LogP) is 2.18. The van der Waals surface area contributed by atoms with Crippen molar-refractivity contribution in [1.82, 2.24) is 5.32 Å². The molecule has 1 amide bonds. The van der Waals surface area contributed by atoms with Crippen LogP contribution in [0.4, 0.5) is 4.79 Å². The standard InChI is InChI=1S/C14H28NO7P/c1-4-6-9-23(19,20)10-8-12(16)15-14(18)22-11(3)21-13(17)7-5-2/h11-12,16H,4-10H2,1-3H3,(H,15,18)(H,19,20). The normalized spacial score (nSPS) is 16.0. The zero-order valence-corrected chi connectivity index (χ0v) is 14.9. The van der Waals surface area contributed by atoms with E-state index in [1.807, 2.05) is 13.8 Å². The number of carbonyl (C=O) groups excluding carboxylic acids is 2. The Balaban J connectivity index is 4.05. The number of hydrogen-bond acceptors (Lipinski definition) is 6. The molecule has 0 saturated heterocycles. The van der Waals surface area contributed by atoms with Crippen molar-refractivity contribution in [3.05, 3.63) is 0 Å². The van der Waals surface area contributed by atoms with Crippen molar-refractivity contribution in [3.8, 4) is 0 Å². The molecule has 0 aromatic rings. The van der Waals surface area contributed by atoms with E-state index in [4.69, 9.17) is 9.47 Å². The van der Waals surface area contributed by atoms with E-state index in [9.17, 15) is 24.2 Å². The van der Waals surface area contributed by atoms with Gasteiger partial charge in [-0.2, -0.15) is 0 Å². The lowest BCUT2D eigenvalue weighted by atomic mass is 10.3. The SMILES string of the molecule is CCCCP(=O)(O)CCC(O)NC(=O)OC(C)OC(=O)CCC. The van der Waals surface area contributed by atoms with E-state index in [2.05, 4.69) is 5.32 Å². The minimum atomic E-state index is -3.28. The van der Waals surface area contributed by atoms with Crippen molar-refractivity contribution in [2.75, 3.05) is 12.3 Å². The van der Waals surface area contributed by atoms with Crippen LogP contribution in [0, 0.1) is 0 Å². The first-order valence-corrected chi connectivity index (χ1v) is 9.88. The summed E-state index contributed by atoms with van der Waals surface area (Å²) in [5.41, 5.74) is 0. The number of esters is 1. The molecular formula is C14H28NO7P. The molecule has 0 aromatic heterocycles. The minimum absolute atomic E-state index is 0.0589. The van der Waals surface area contributed by atoms with Gasteiger partial charge < -0.3 is 19.5 Å². The Hall–Kier alpha value is -1.11. The Bertz CT molecular complexity index is 416. The molecule has 0 aliphatic carbocycles. The largest absolute Gasteiger partial charge is 0.425 e. The van der Waals surface area contributed by atoms with Crippen LogP contribution in [0.2, 0.25) is 0 Å². The van der Waals surface area contributed by atoms with Crippen molar-refractivity contribution in [1.29, 1.82) is 0 Å². The molecule has 23 heavy (non-hydrogen) atoms. The highest BCUT2D eigenvalue weighted by Gasteiger charge is 2.21. The summed E-state index contributed by atoms with van der Waals surface area (Å²) in [6.45, 7) is 5.11. The molecule has 3 N–H and O–H groups in total. The van der Waals surface area contributed by atoms with Gasteiger partial charge in [-0.15, -0.1) is 0 Å². The first-order chi connectivity index (χ1) is 10.7. The van der Waals surface area contributed by atoms with Crippen LogP contribution in [0.3, 0.4) is 0 Å². The quantitative estimate of drug-likeness (QED) is 0.295. The highest BCUT2D eigenvalue weighted by atomic mass is 31.2. The van der Waals surface area contributed by atoms with Gasteiger partial charge in [-0.3, -0.25) is 14.7 Å². The fourth-order valence-electron chi connectivity index (χ4n) is 1.71. The fourth-order valence-corrected chi connectivity index (χ4v) is 3.39. The Morgan fingerprint density at radius 3 is 2.39 bits per heavy atom. The molecule has 0 spiro atoms. The average Bonchev–Trinajstić information content (AvgIpc) is 2.43. The van der Waals surface area contributed by atoms with E-state index in [1.165, 1.54) is 6.92 Å². The van der Waals surface area contributed by atoms with Crippen molar-refractivity contribution >= 4 is 19.4 Å². The van der Waals surface area contributed by atoms with Crippen molar-refractivity contribution in [2.45, 2.75) is 65.4 Å². The van der Waals surface area contributed by atoms with Crippen LogP contribution in [-0.2, 0) is 18.8 Å². The number of aliphatic hydroxyl groups excluding tert-OH is 1. The van der Waals surface area contributed by atoms with Crippen molar-refractivity contribution in [2.24, 2.45) is 0 Å². The predicted molar refractivity (Wildman–Crippen MR) is 85.2 cm³/mol. The van der Waals surface area contributed by atoms with Gasteiger partial charge in [-0.1, -0.05) is 20.3 Å². The van der Waals surface area contributed by atoms with Crippen molar-refractivity contribution < 1.29 is 33.6 Å². The fraction of sp³-hybridized carbons (Fsp3) is 0.857. The zero-order valence-electron chi connectivity index (χ0n) is 14.0. The molecule has 8 nitrogen and oxygen atoms in total. The van der Waals surface area contributed by atoms with E-state index in [-0.39, 0.29) is 25.2 Å². The topological polar surface area (TPSA) is 122 Å². The lowest BCUT2D eigenvalue weighted by Crippen LogP contribution is -2.38. The summed E-state index contributed by atoms with van der Waals surface area (Å²) in [6, 6.07) is 0. The molecule has 0 fully saturated rings. The number of hydrogen-bond donors (Lipinski definition) is 3. The Morgan fingerprint density at radius 1 is 1.17 bits per heavy atom. The summed E-state index contributed by atoms with van der Waals surface area (Å²) in [5, 5.41) is 11.8. The van der Waals surface area contributed by atoms with E-state index < -0.39 is 31.9 Å². The molecule has 0 rings (SSSR count). The lowest BCUT2D eigenvalue weighted by molar-refractivity contribution is -0.165. The molecule has 9 heteroatoms. The van der Waals surface area contributed by atoms with Crippen LogP contribution < -0.4 is 5.32 Å². The Labute approximate surface area is 137 Å². The summed E-state index contributed by atoms with van der Waals surface area (Å²) in [5.74, 6) is -0.481. The van der Waals surface area contributed by atoms with E-state index in [0.717, 1.165) is 6.42 Å². The van der Waals surface area contributed by atoms with Crippen LogP contribution >= 0.6 is 7.37 Å². The van der Waals surface area contributed by atoms with Gasteiger partial charge in [0.25, 0.3) is 0 Å². The number of aliphatic hydroxyl groups is 1. The molecule has 0 aliphatic rings. The maximum Gasteiger partial charge on any atom is 0.412 e. The minimum Gasteiger partial charge on any atom is -0.425 e. The van der Waals surface area contributed by atoms with Crippen LogP contribution in [0.1, 0.15) is 52.9 Å². The Morgan fingerprint density at radius 2 is 1.83 bits per heavy atom. The maximum atomic E-state index is 11.8.